The number of benzene rings is 1. The SMILES string of the molecule is CCCOc1cccc(C(=O)NC/C=C/CCl)c1. The Labute approximate surface area is 113 Å². The monoisotopic (exact) mass is 267 g/mol. The zero-order chi connectivity index (χ0) is 13.2. The maximum atomic E-state index is 11.8. The minimum Gasteiger partial charge on any atom is -0.494 e. The number of amides is 1. The molecule has 0 saturated carbocycles. The van der Waals surface area contributed by atoms with Crippen molar-refractivity contribution in [2.45, 2.75) is 13.3 Å². The summed E-state index contributed by atoms with van der Waals surface area (Å²) in [6, 6.07) is 7.17. The lowest BCUT2D eigenvalue weighted by atomic mass is 10.2. The van der Waals surface area contributed by atoms with Gasteiger partial charge in [-0.1, -0.05) is 25.1 Å². The Kier molecular flexibility index (Phi) is 6.96. The minimum absolute atomic E-state index is 0.115. The third-order valence-electron chi connectivity index (χ3n) is 2.21. The van der Waals surface area contributed by atoms with E-state index in [1.165, 1.54) is 0 Å². The molecule has 0 aliphatic rings. The van der Waals surface area contributed by atoms with E-state index in [0.717, 1.165) is 12.2 Å². The highest BCUT2D eigenvalue weighted by atomic mass is 35.5. The highest BCUT2D eigenvalue weighted by Gasteiger charge is 2.05. The Balaban J connectivity index is 2.54. The van der Waals surface area contributed by atoms with Crippen LogP contribution < -0.4 is 10.1 Å². The Morgan fingerprint density at radius 1 is 1.44 bits per heavy atom. The second kappa shape index (κ2) is 8.59. The summed E-state index contributed by atoms with van der Waals surface area (Å²) in [6.07, 6.45) is 4.56. The molecule has 18 heavy (non-hydrogen) atoms. The maximum Gasteiger partial charge on any atom is 0.251 e. The number of ether oxygens (including phenoxy) is 1. The lowest BCUT2D eigenvalue weighted by molar-refractivity contribution is 0.0957. The van der Waals surface area contributed by atoms with Gasteiger partial charge in [0.15, 0.2) is 0 Å². The van der Waals surface area contributed by atoms with Gasteiger partial charge in [-0.25, -0.2) is 0 Å². The van der Waals surface area contributed by atoms with Crippen molar-refractivity contribution >= 4 is 17.5 Å². The molecule has 0 saturated heterocycles. The van der Waals surface area contributed by atoms with Crippen LogP contribution in [-0.2, 0) is 0 Å². The molecular weight excluding hydrogens is 250 g/mol. The quantitative estimate of drug-likeness (QED) is 0.609. The van der Waals surface area contributed by atoms with Crippen LogP contribution in [0.1, 0.15) is 23.7 Å². The highest BCUT2D eigenvalue weighted by molar-refractivity contribution is 6.18. The molecule has 0 aliphatic carbocycles. The average molecular weight is 268 g/mol. The van der Waals surface area contributed by atoms with Crippen molar-refractivity contribution in [1.82, 2.24) is 5.32 Å². The van der Waals surface area contributed by atoms with Crippen molar-refractivity contribution in [1.29, 1.82) is 0 Å². The van der Waals surface area contributed by atoms with Crippen molar-refractivity contribution in [3.8, 4) is 5.75 Å². The van der Waals surface area contributed by atoms with Crippen LogP contribution >= 0.6 is 11.6 Å². The van der Waals surface area contributed by atoms with Gasteiger partial charge in [-0.2, -0.15) is 0 Å². The van der Waals surface area contributed by atoms with Crippen molar-refractivity contribution in [3.05, 3.63) is 42.0 Å². The summed E-state index contributed by atoms with van der Waals surface area (Å²) in [5.41, 5.74) is 0.600. The fourth-order valence-corrected chi connectivity index (χ4v) is 1.47. The van der Waals surface area contributed by atoms with Crippen molar-refractivity contribution in [3.63, 3.8) is 0 Å². The highest BCUT2D eigenvalue weighted by Crippen LogP contribution is 2.13. The summed E-state index contributed by atoms with van der Waals surface area (Å²) >= 11 is 5.49. The molecule has 1 aromatic rings. The zero-order valence-corrected chi connectivity index (χ0v) is 11.2. The van der Waals surface area contributed by atoms with Crippen LogP contribution in [0.15, 0.2) is 36.4 Å². The minimum atomic E-state index is -0.115. The number of allylic oxidation sites excluding steroid dienone is 1. The Bertz CT molecular complexity index is 405. The number of alkyl halides is 1. The van der Waals surface area contributed by atoms with E-state index in [0.29, 0.717) is 24.6 Å². The van der Waals surface area contributed by atoms with Crippen molar-refractivity contribution in [2.24, 2.45) is 0 Å². The van der Waals surface area contributed by atoms with Gasteiger partial charge in [-0.05, 0) is 24.6 Å². The van der Waals surface area contributed by atoms with E-state index >= 15 is 0 Å². The smallest absolute Gasteiger partial charge is 0.251 e. The van der Waals surface area contributed by atoms with E-state index in [9.17, 15) is 4.79 Å². The van der Waals surface area contributed by atoms with Gasteiger partial charge in [0, 0.05) is 18.0 Å². The molecule has 1 amide bonds. The van der Waals surface area contributed by atoms with Crippen LogP contribution in [0.4, 0.5) is 0 Å². The first-order valence-electron chi connectivity index (χ1n) is 6.00. The molecule has 0 bridgehead atoms. The number of rotatable bonds is 7. The molecule has 0 heterocycles. The van der Waals surface area contributed by atoms with Gasteiger partial charge in [0.2, 0.25) is 0 Å². The molecule has 0 unspecified atom stereocenters. The second-order valence-corrected chi connectivity index (χ2v) is 4.02. The number of carbonyl (C=O) groups excluding carboxylic acids is 1. The number of hydrogen-bond acceptors (Lipinski definition) is 2. The summed E-state index contributed by atoms with van der Waals surface area (Å²) in [5.74, 6) is 1.06. The molecule has 0 radical (unpaired) electrons. The van der Waals surface area contributed by atoms with Crippen LogP contribution in [0.3, 0.4) is 0 Å². The molecule has 98 valence electrons. The van der Waals surface area contributed by atoms with Crippen LogP contribution in [0, 0.1) is 0 Å². The summed E-state index contributed by atoms with van der Waals surface area (Å²) < 4.78 is 5.48. The molecule has 0 atom stereocenters. The van der Waals surface area contributed by atoms with Crippen LogP contribution in [0.2, 0.25) is 0 Å². The first-order valence-corrected chi connectivity index (χ1v) is 6.53. The van der Waals surface area contributed by atoms with Gasteiger partial charge in [0.05, 0.1) is 6.61 Å². The topological polar surface area (TPSA) is 38.3 Å². The normalized spacial score (nSPS) is 10.6. The zero-order valence-electron chi connectivity index (χ0n) is 10.5. The number of nitrogens with one attached hydrogen (secondary N) is 1. The second-order valence-electron chi connectivity index (χ2n) is 3.71. The van der Waals surface area contributed by atoms with Gasteiger partial charge in [0.25, 0.3) is 5.91 Å². The van der Waals surface area contributed by atoms with E-state index in [1.807, 2.05) is 25.1 Å². The van der Waals surface area contributed by atoms with Gasteiger partial charge in [-0.15, -0.1) is 11.6 Å². The standard InChI is InChI=1S/C14H18ClNO2/c1-2-10-18-13-7-5-6-12(11-13)14(17)16-9-4-3-8-15/h3-7,11H,2,8-10H2,1H3,(H,16,17)/b4-3+. The van der Waals surface area contributed by atoms with E-state index in [2.05, 4.69) is 5.32 Å². The summed E-state index contributed by atoms with van der Waals surface area (Å²) in [5, 5.41) is 2.78. The number of hydrogen-bond donors (Lipinski definition) is 1. The summed E-state index contributed by atoms with van der Waals surface area (Å²) in [6.45, 7) is 3.18. The maximum absolute atomic E-state index is 11.8. The Hall–Kier alpha value is -1.48. The number of carbonyl (C=O) groups is 1. The van der Waals surface area contributed by atoms with E-state index in [1.54, 1.807) is 18.2 Å². The molecule has 0 fully saturated rings. The molecule has 1 rings (SSSR count). The van der Waals surface area contributed by atoms with Gasteiger partial charge in [-0.3, -0.25) is 4.79 Å². The van der Waals surface area contributed by atoms with Crippen LogP contribution in [0.25, 0.3) is 0 Å². The van der Waals surface area contributed by atoms with Gasteiger partial charge >= 0.3 is 0 Å². The van der Waals surface area contributed by atoms with E-state index in [-0.39, 0.29) is 5.91 Å². The molecule has 0 aromatic heterocycles. The largest absolute Gasteiger partial charge is 0.494 e. The van der Waals surface area contributed by atoms with Gasteiger partial charge < -0.3 is 10.1 Å². The first kappa shape index (κ1) is 14.6. The Morgan fingerprint density at radius 3 is 3.00 bits per heavy atom. The first-order chi connectivity index (χ1) is 8.77. The summed E-state index contributed by atoms with van der Waals surface area (Å²) in [4.78, 5) is 11.8. The van der Waals surface area contributed by atoms with Gasteiger partial charge in [0.1, 0.15) is 5.75 Å². The molecular formula is C14H18ClNO2. The number of halogens is 1. The van der Waals surface area contributed by atoms with E-state index < -0.39 is 0 Å². The van der Waals surface area contributed by atoms with Crippen molar-refractivity contribution in [2.75, 3.05) is 19.0 Å². The fourth-order valence-electron chi connectivity index (χ4n) is 1.35. The molecule has 3 nitrogen and oxygen atoms in total. The van der Waals surface area contributed by atoms with Crippen LogP contribution in [-0.4, -0.2) is 24.9 Å². The molecule has 0 spiro atoms. The molecule has 1 N–H and O–H groups in total. The molecule has 1 aromatic carbocycles. The lowest BCUT2D eigenvalue weighted by Gasteiger charge is -2.07. The molecule has 4 heteroatoms. The van der Waals surface area contributed by atoms with E-state index in [4.69, 9.17) is 16.3 Å². The predicted octanol–water partition coefficient (Wildman–Crippen LogP) is 3.00. The predicted molar refractivity (Wildman–Crippen MR) is 74.4 cm³/mol. The average Bonchev–Trinajstić information content (AvgIpc) is 2.41. The summed E-state index contributed by atoms with van der Waals surface area (Å²) in [7, 11) is 0. The third kappa shape index (κ3) is 5.23. The Morgan fingerprint density at radius 2 is 2.28 bits per heavy atom. The third-order valence-corrected chi connectivity index (χ3v) is 2.38. The fraction of sp³-hybridized carbons (Fsp3) is 0.357. The van der Waals surface area contributed by atoms with Crippen molar-refractivity contribution < 1.29 is 9.53 Å². The molecule has 0 aliphatic heterocycles. The lowest BCUT2D eigenvalue weighted by Crippen LogP contribution is -2.23. The van der Waals surface area contributed by atoms with Crippen LogP contribution in [0.5, 0.6) is 5.75 Å².